The normalized spacial score (nSPS) is 12.0. The van der Waals surface area contributed by atoms with E-state index in [2.05, 4.69) is 5.32 Å². The van der Waals surface area contributed by atoms with Gasteiger partial charge in [-0.1, -0.05) is 6.07 Å². The molecule has 0 spiro atoms. The van der Waals surface area contributed by atoms with Crippen LogP contribution in [0.4, 0.5) is 14.5 Å². The fraction of sp³-hybridized carbons (Fsp3) is 0.250. The number of phenols is 1. The van der Waals surface area contributed by atoms with Crippen molar-refractivity contribution in [3.05, 3.63) is 53.6 Å². The van der Waals surface area contributed by atoms with E-state index in [0.717, 1.165) is 6.07 Å². The maximum absolute atomic E-state index is 13.2. The van der Waals surface area contributed by atoms with E-state index < -0.39 is 5.82 Å². The van der Waals surface area contributed by atoms with Crippen LogP contribution in [0.15, 0.2) is 36.4 Å². The van der Waals surface area contributed by atoms with E-state index in [-0.39, 0.29) is 17.6 Å². The van der Waals surface area contributed by atoms with Crippen molar-refractivity contribution in [1.29, 1.82) is 0 Å². The Labute approximate surface area is 122 Å². The molecule has 2 aromatic rings. The largest absolute Gasteiger partial charge is 0.507 e. The van der Waals surface area contributed by atoms with Gasteiger partial charge < -0.3 is 15.2 Å². The highest BCUT2D eigenvalue weighted by Crippen LogP contribution is 2.32. The van der Waals surface area contributed by atoms with Crippen molar-refractivity contribution in [2.45, 2.75) is 19.9 Å². The molecule has 0 aliphatic heterocycles. The third kappa shape index (κ3) is 3.62. The van der Waals surface area contributed by atoms with Crippen LogP contribution in [0.1, 0.15) is 25.5 Å². The van der Waals surface area contributed by atoms with Gasteiger partial charge in [0.25, 0.3) is 0 Å². The zero-order chi connectivity index (χ0) is 15.4. The zero-order valence-corrected chi connectivity index (χ0v) is 11.9. The topological polar surface area (TPSA) is 41.5 Å². The third-order valence-corrected chi connectivity index (χ3v) is 3.07. The third-order valence-electron chi connectivity index (χ3n) is 3.07. The van der Waals surface area contributed by atoms with Gasteiger partial charge in [0.1, 0.15) is 23.1 Å². The maximum Gasteiger partial charge on any atom is 0.145 e. The summed E-state index contributed by atoms with van der Waals surface area (Å²) in [6, 6.07) is 7.73. The van der Waals surface area contributed by atoms with Crippen LogP contribution in [-0.2, 0) is 0 Å². The SMILES string of the molecule is CCOc1cc(F)ccc1NC(C)c1ccc(F)cc1O. The highest BCUT2D eigenvalue weighted by Gasteiger charge is 2.13. The lowest BCUT2D eigenvalue weighted by Gasteiger charge is -2.19. The average Bonchev–Trinajstić information content (AvgIpc) is 2.42. The summed E-state index contributed by atoms with van der Waals surface area (Å²) < 4.78 is 31.6. The molecule has 0 amide bonds. The molecule has 21 heavy (non-hydrogen) atoms. The minimum Gasteiger partial charge on any atom is -0.507 e. The van der Waals surface area contributed by atoms with E-state index in [1.54, 1.807) is 6.07 Å². The Morgan fingerprint density at radius 3 is 2.48 bits per heavy atom. The van der Waals surface area contributed by atoms with Gasteiger partial charge in [-0.25, -0.2) is 8.78 Å². The summed E-state index contributed by atoms with van der Waals surface area (Å²) in [6.45, 7) is 4.03. The lowest BCUT2D eigenvalue weighted by Crippen LogP contribution is -2.09. The van der Waals surface area contributed by atoms with Crippen LogP contribution >= 0.6 is 0 Å². The van der Waals surface area contributed by atoms with Crippen LogP contribution in [0, 0.1) is 11.6 Å². The van der Waals surface area contributed by atoms with E-state index in [1.807, 2.05) is 13.8 Å². The van der Waals surface area contributed by atoms with Crippen LogP contribution in [0.2, 0.25) is 0 Å². The van der Waals surface area contributed by atoms with Gasteiger partial charge in [0, 0.05) is 17.7 Å². The van der Waals surface area contributed by atoms with Crippen molar-refractivity contribution >= 4 is 5.69 Å². The van der Waals surface area contributed by atoms with Crippen molar-refractivity contribution in [2.24, 2.45) is 0 Å². The Kier molecular flexibility index (Phi) is 4.62. The van der Waals surface area contributed by atoms with E-state index in [9.17, 15) is 13.9 Å². The Morgan fingerprint density at radius 2 is 1.81 bits per heavy atom. The number of hydrogen-bond acceptors (Lipinski definition) is 3. The molecule has 1 atom stereocenters. The number of ether oxygens (including phenoxy) is 1. The highest BCUT2D eigenvalue weighted by molar-refractivity contribution is 5.58. The van der Waals surface area contributed by atoms with Crippen LogP contribution in [0.5, 0.6) is 11.5 Å². The number of anilines is 1. The minimum atomic E-state index is -0.500. The second-order valence-corrected chi connectivity index (χ2v) is 4.64. The summed E-state index contributed by atoms with van der Waals surface area (Å²) >= 11 is 0. The standard InChI is InChI=1S/C16H17F2NO2/c1-3-21-16-9-12(18)5-7-14(16)19-10(2)13-6-4-11(17)8-15(13)20/h4-10,19-20H,3H2,1-2H3. The second kappa shape index (κ2) is 6.43. The smallest absolute Gasteiger partial charge is 0.145 e. The average molecular weight is 293 g/mol. The number of halogens is 2. The molecule has 0 saturated carbocycles. The Balaban J connectivity index is 2.24. The van der Waals surface area contributed by atoms with Gasteiger partial charge >= 0.3 is 0 Å². The molecule has 0 heterocycles. The van der Waals surface area contributed by atoms with E-state index in [0.29, 0.717) is 23.6 Å². The van der Waals surface area contributed by atoms with Gasteiger partial charge in [0.05, 0.1) is 18.3 Å². The first-order valence-electron chi connectivity index (χ1n) is 6.68. The molecule has 112 valence electrons. The first kappa shape index (κ1) is 15.1. The van der Waals surface area contributed by atoms with Crippen molar-refractivity contribution < 1.29 is 18.6 Å². The first-order valence-corrected chi connectivity index (χ1v) is 6.68. The fourth-order valence-electron chi connectivity index (χ4n) is 2.08. The van der Waals surface area contributed by atoms with E-state index >= 15 is 0 Å². The van der Waals surface area contributed by atoms with Gasteiger partial charge in [-0.15, -0.1) is 0 Å². The molecular weight excluding hydrogens is 276 g/mol. The fourth-order valence-corrected chi connectivity index (χ4v) is 2.08. The number of rotatable bonds is 5. The minimum absolute atomic E-state index is 0.130. The predicted octanol–water partition coefficient (Wildman–Crippen LogP) is 4.24. The summed E-state index contributed by atoms with van der Waals surface area (Å²) in [5, 5.41) is 12.9. The van der Waals surface area contributed by atoms with Gasteiger partial charge in [0.2, 0.25) is 0 Å². The molecule has 2 aromatic carbocycles. The molecule has 5 heteroatoms. The van der Waals surface area contributed by atoms with Gasteiger partial charge in [0.15, 0.2) is 0 Å². The zero-order valence-electron chi connectivity index (χ0n) is 11.9. The van der Waals surface area contributed by atoms with Crippen LogP contribution in [0.25, 0.3) is 0 Å². The molecule has 2 N–H and O–H groups in total. The molecule has 0 aliphatic rings. The van der Waals surface area contributed by atoms with Crippen molar-refractivity contribution in [1.82, 2.24) is 0 Å². The molecule has 0 aromatic heterocycles. The van der Waals surface area contributed by atoms with Crippen molar-refractivity contribution in [2.75, 3.05) is 11.9 Å². The lowest BCUT2D eigenvalue weighted by atomic mass is 10.1. The second-order valence-electron chi connectivity index (χ2n) is 4.64. The molecule has 2 rings (SSSR count). The summed E-state index contributed by atoms with van der Waals surface area (Å²) in [6.07, 6.45) is 0. The van der Waals surface area contributed by atoms with Gasteiger partial charge in [-0.2, -0.15) is 0 Å². The molecule has 0 aliphatic carbocycles. The lowest BCUT2D eigenvalue weighted by molar-refractivity contribution is 0.339. The summed E-state index contributed by atoms with van der Waals surface area (Å²) in [5.74, 6) is -0.623. The number of hydrogen-bond donors (Lipinski definition) is 2. The van der Waals surface area contributed by atoms with E-state index in [1.165, 1.54) is 24.3 Å². The first-order chi connectivity index (χ1) is 10.0. The number of phenolic OH excluding ortho intramolecular Hbond substituents is 1. The molecule has 0 bridgehead atoms. The number of benzene rings is 2. The quantitative estimate of drug-likeness (QED) is 0.866. The molecular formula is C16H17F2NO2. The van der Waals surface area contributed by atoms with Crippen LogP contribution in [-0.4, -0.2) is 11.7 Å². The maximum atomic E-state index is 13.2. The monoisotopic (exact) mass is 293 g/mol. The Hall–Kier alpha value is -2.30. The van der Waals surface area contributed by atoms with Crippen LogP contribution < -0.4 is 10.1 Å². The van der Waals surface area contributed by atoms with Crippen molar-refractivity contribution in [3.63, 3.8) is 0 Å². The predicted molar refractivity (Wildman–Crippen MR) is 77.7 cm³/mol. The molecule has 1 unspecified atom stereocenters. The summed E-state index contributed by atoms with van der Waals surface area (Å²) in [4.78, 5) is 0. The molecule has 0 fully saturated rings. The van der Waals surface area contributed by atoms with Crippen molar-refractivity contribution in [3.8, 4) is 11.5 Å². The van der Waals surface area contributed by atoms with Gasteiger partial charge in [-0.05, 0) is 32.0 Å². The Morgan fingerprint density at radius 1 is 1.14 bits per heavy atom. The van der Waals surface area contributed by atoms with Gasteiger partial charge in [-0.3, -0.25) is 0 Å². The van der Waals surface area contributed by atoms with E-state index in [4.69, 9.17) is 4.74 Å². The van der Waals surface area contributed by atoms with Crippen LogP contribution in [0.3, 0.4) is 0 Å². The molecule has 3 nitrogen and oxygen atoms in total. The Bertz CT molecular complexity index is 632. The highest BCUT2D eigenvalue weighted by atomic mass is 19.1. The number of nitrogens with one attached hydrogen (secondary N) is 1. The summed E-state index contributed by atoms with van der Waals surface area (Å²) in [5.41, 5.74) is 1.15. The molecule has 0 radical (unpaired) electrons. The molecule has 0 saturated heterocycles. The summed E-state index contributed by atoms with van der Waals surface area (Å²) in [7, 11) is 0. The number of aromatic hydroxyl groups is 1.